The molecule has 3 nitrogen and oxygen atoms in total. The number of rotatable bonds is 2. The fourth-order valence-electron chi connectivity index (χ4n) is 1.88. The minimum absolute atomic E-state index is 0.0288. The highest BCUT2D eigenvalue weighted by Gasteiger charge is 2.22. The molecule has 1 aromatic carbocycles. The highest BCUT2D eigenvalue weighted by atomic mass is 16.5. The third-order valence-electron chi connectivity index (χ3n) is 2.85. The summed E-state index contributed by atoms with van der Waals surface area (Å²) in [4.78, 5) is 11.3. The van der Waals surface area contributed by atoms with Crippen LogP contribution in [0.2, 0.25) is 0 Å². The van der Waals surface area contributed by atoms with E-state index in [9.17, 15) is 4.79 Å². The molecule has 84 valence electrons. The number of hydrogen-bond donors (Lipinski definition) is 1. The molecule has 0 saturated heterocycles. The topological polar surface area (TPSA) is 38.3 Å². The van der Waals surface area contributed by atoms with E-state index in [1.165, 1.54) is 0 Å². The van der Waals surface area contributed by atoms with Crippen molar-refractivity contribution in [1.29, 1.82) is 0 Å². The van der Waals surface area contributed by atoms with Gasteiger partial charge in [-0.1, -0.05) is 25.1 Å². The standard InChI is InChI=1S/C13H15NO2/c1-9-3-8-12(15)14-13(9)10-4-6-11(16-2)7-5-10/h3-9,13H,1-2H3,(H,14,15)/t9-,13-/m0/s1. The maximum atomic E-state index is 11.3. The first-order valence-corrected chi connectivity index (χ1v) is 5.33. The number of nitrogens with one attached hydrogen (secondary N) is 1. The number of ether oxygens (including phenoxy) is 1. The van der Waals surface area contributed by atoms with E-state index in [-0.39, 0.29) is 11.9 Å². The van der Waals surface area contributed by atoms with Gasteiger partial charge in [-0.3, -0.25) is 4.79 Å². The lowest BCUT2D eigenvalue weighted by Crippen LogP contribution is -2.34. The Balaban J connectivity index is 2.23. The van der Waals surface area contributed by atoms with E-state index < -0.39 is 0 Å². The van der Waals surface area contributed by atoms with E-state index in [1.54, 1.807) is 13.2 Å². The molecule has 0 aliphatic carbocycles. The van der Waals surface area contributed by atoms with Crippen molar-refractivity contribution in [3.8, 4) is 5.75 Å². The van der Waals surface area contributed by atoms with Gasteiger partial charge in [-0.15, -0.1) is 0 Å². The second-order valence-corrected chi connectivity index (χ2v) is 3.98. The van der Waals surface area contributed by atoms with Crippen molar-refractivity contribution in [2.75, 3.05) is 7.11 Å². The van der Waals surface area contributed by atoms with Gasteiger partial charge in [-0.05, 0) is 29.7 Å². The van der Waals surface area contributed by atoms with Crippen LogP contribution in [0.3, 0.4) is 0 Å². The quantitative estimate of drug-likeness (QED) is 0.823. The normalized spacial score (nSPS) is 24.0. The second-order valence-electron chi connectivity index (χ2n) is 3.98. The minimum atomic E-state index is -0.0288. The third-order valence-corrected chi connectivity index (χ3v) is 2.85. The monoisotopic (exact) mass is 217 g/mol. The van der Waals surface area contributed by atoms with Crippen LogP contribution in [-0.4, -0.2) is 13.0 Å². The Kier molecular flexibility index (Phi) is 2.95. The third kappa shape index (κ3) is 2.08. The molecule has 1 amide bonds. The molecule has 0 spiro atoms. The molecule has 0 saturated carbocycles. The van der Waals surface area contributed by atoms with Crippen LogP contribution in [-0.2, 0) is 4.79 Å². The number of carbonyl (C=O) groups is 1. The number of methoxy groups -OCH3 is 1. The zero-order valence-corrected chi connectivity index (χ0v) is 9.44. The average Bonchev–Trinajstić information content (AvgIpc) is 2.32. The first-order chi connectivity index (χ1) is 7.70. The van der Waals surface area contributed by atoms with Crippen LogP contribution in [0, 0.1) is 5.92 Å². The first kappa shape index (κ1) is 10.7. The van der Waals surface area contributed by atoms with Gasteiger partial charge in [0.25, 0.3) is 0 Å². The molecular formula is C13H15NO2. The van der Waals surface area contributed by atoms with Crippen LogP contribution in [0.4, 0.5) is 0 Å². The van der Waals surface area contributed by atoms with Crippen molar-refractivity contribution < 1.29 is 9.53 Å². The van der Waals surface area contributed by atoms with E-state index >= 15 is 0 Å². The summed E-state index contributed by atoms with van der Waals surface area (Å²) in [6, 6.07) is 7.85. The second kappa shape index (κ2) is 4.39. The Morgan fingerprint density at radius 2 is 1.94 bits per heavy atom. The van der Waals surface area contributed by atoms with Crippen LogP contribution in [0.1, 0.15) is 18.5 Å². The Morgan fingerprint density at radius 1 is 1.25 bits per heavy atom. The Morgan fingerprint density at radius 3 is 2.56 bits per heavy atom. The molecule has 1 aliphatic rings. The van der Waals surface area contributed by atoms with Crippen molar-refractivity contribution in [1.82, 2.24) is 5.32 Å². The van der Waals surface area contributed by atoms with Gasteiger partial charge in [0, 0.05) is 0 Å². The summed E-state index contributed by atoms with van der Waals surface area (Å²) in [5.41, 5.74) is 1.10. The van der Waals surface area contributed by atoms with Gasteiger partial charge in [0.2, 0.25) is 5.91 Å². The van der Waals surface area contributed by atoms with Crippen molar-refractivity contribution in [3.05, 3.63) is 42.0 Å². The van der Waals surface area contributed by atoms with E-state index in [0.717, 1.165) is 11.3 Å². The first-order valence-electron chi connectivity index (χ1n) is 5.33. The Hall–Kier alpha value is -1.77. The SMILES string of the molecule is COc1ccc([C@H]2NC(=O)C=C[C@@H]2C)cc1. The predicted octanol–water partition coefficient (Wildman–Crippen LogP) is 2.06. The minimum Gasteiger partial charge on any atom is -0.497 e. The predicted molar refractivity (Wildman–Crippen MR) is 62.2 cm³/mol. The molecule has 1 N–H and O–H groups in total. The maximum Gasteiger partial charge on any atom is 0.244 e. The van der Waals surface area contributed by atoms with Gasteiger partial charge in [0.05, 0.1) is 13.2 Å². The fourth-order valence-corrected chi connectivity index (χ4v) is 1.88. The zero-order chi connectivity index (χ0) is 11.5. The van der Waals surface area contributed by atoms with Gasteiger partial charge in [-0.2, -0.15) is 0 Å². The van der Waals surface area contributed by atoms with Crippen molar-refractivity contribution in [3.63, 3.8) is 0 Å². The lowest BCUT2D eigenvalue weighted by atomic mass is 9.92. The van der Waals surface area contributed by atoms with Crippen LogP contribution >= 0.6 is 0 Å². The van der Waals surface area contributed by atoms with Crippen LogP contribution < -0.4 is 10.1 Å². The van der Waals surface area contributed by atoms with Gasteiger partial charge in [0.15, 0.2) is 0 Å². The summed E-state index contributed by atoms with van der Waals surface area (Å²) in [6.07, 6.45) is 3.53. The summed E-state index contributed by atoms with van der Waals surface area (Å²) in [5, 5.41) is 2.95. The number of hydrogen-bond acceptors (Lipinski definition) is 2. The largest absolute Gasteiger partial charge is 0.497 e. The molecule has 2 atom stereocenters. The summed E-state index contributed by atoms with van der Waals surface area (Å²) in [6.45, 7) is 2.09. The number of benzene rings is 1. The lowest BCUT2D eigenvalue weighted by Gasteiger charge is -2.26. The van der Waals surface area contributed by atoms with Crippen molar-refractivity contribution in [2.24, 2.45) is 5.92 Å². The smallest absolute Gasteiger partial charge is 0.244 e. The molecule has 2 rings (SSSR count). The van der Waals surface area contributed by atoms with Gasteiger partial charge >= 0.3 is 0 Å². The maximum absolute atomic E-state index is 11.3. The van der Waals surface area contributed by atoms with E-state index in [2.05, 4.69) is 12.2 Å². The molecule has 16 heavy (non-hydrogen) atoms. The summed E-state index contributed by atoms with van der Waals surface area (Å²) < 4.78 is 5.10. The molecule has 0 aromatic heterocycles. The highest BCUT2D eigenvalue weighted by Crippen LogP contribution is 2.26. The highest BCUT2D eigenvalue weighted by molar-refractivity contribution is 5.88. The molecule has 0 unspecified atom stereocenters. The molecule has 1 aliphatic heterocycles. The van der Waals surface area contributed by atoms with E-state index in [1.807, 2.05) is 30.3 Å². The summed E-state index contributed by atoms with van der Waals surface area (Å²) in [7, 11) is 1.64. The fraction of sp³-hybridized carbons (Fsp3) is 0.308. The van der Waals surface area contributed by atoms with Crippen LogP contribution in [0.5, 0.6) is 5.75 Å². The number of amides is 1. The van der Waals surface area contributed by atoms with E-state index in [4.69, 9.17) is 4.74 Å². The number of carbonyl (C=O) groups excluding carboxylic acids is 1. The molecule has 0 fully saturated rings. The zero-order valence-electron chi connectivity index (χ0n) is 9.44. The van der Waals surface area contributed by atoms with Crippen LogP contribution in [0.25, 0.3) is 0 Å². The van der Waals surface area contributed by atoms with E-state index in [0.29, 0.717) is 5.92 Å². The summed E-state index contributed by atoms with van der Waals surface area (Å²) >= 11 is 0. The molecule has 3 heteroatoms. The molecule has 1 aromatic rings. The van der Waals surface area contributed by atoms with Crippen LogP contribution in [0.15, 0.2) is 36.4 Å². The molecular weight excluding hydrogens is 202 g/mol. The molecule has 0 bridgehead atoms. The summed E-state index contributed by atoms with van der Waals surface area (Å²) in [5.74, 6) is 1.11. The molecule has 0 radical (unpaired) electrons. The van der Waals surface area contributed by atoms with Crippen molar-refractivity contribution >= 4 is 5.91 Å². The van der Waals surface area contributed by atoms with Crippen molar-refractivity contribution in [2.45, 2.75) is 13.0 Å². The Bertz CT molecular complexity index is 408. The van der Waals surface area contributed by atoms with Gasteiger partial charge in [-0.25, -0.2) is 0 Å². The lowest BCUT2D eigenvalue weighted by molar-refractivity contribution is -0.117. The Labute approximate surface area is 95.1 Å². The van der Waals surface area contributed by atoms with Gasteiger partial charge in [0.1, 0.15) is 5.75 Å². The van der Waals surface area contributed by atoms with Gasteiger partial charge < -0.3 is 10.1 Å². The average molecular weight is 217 g/mol. The molecule has 1 heterocycles.